The normalized spacial score (nSPS) is 16.1. The molecule has 0 N–H and O–H groups in total. The highest BCUT2D eigenvalue weighted by molar-refractivity contribution is 5.74. The lowest BCUT2D eigenvalue weighted by Gasteiger charge is -2.28. The minimum atomic E-state index is 0.324. The first-order valence-electron chi connectivity index (χ1n) is 9.81. The van der Waals surface area contributed by atoms with Crippen LogP contribution in [-0.4, -0.2) is 18.1 Å². The molecule has 0 amide bonds. The zero-order valence-corrected chi connectivity index (χ0v) is 17.3. The maximum absolute atomic E-state index is 2.34. The number of pyridine rings is 1. The zero-order chi connectivity index (χ0) is 19.8. The first-order chi connectivity index (χ1) is 13.5. The molecule has 0 aliphatic carbocycles. The van der Waals surface area contributed by atoms with Gasteiger partial charge >= 0.3 is 0 Å². The van der Waals surface area contributed by atoms with E-state index in [0.29, 0.717) is 6.17 Å². The van der Waals surface area contributed by atoms with Crippen LogP contribution in [0.25, 0.3) is 22.4 Å². The fourth-order valence-corrected chi connectivity index (χ4v) is 4.02. The van der Waals surface area contributed by atoms with Crippen LogP contribution < -0.4 is 9.47 Å². The van der Waals surface area contributed by atoms with Crippen molar-refractivity contribution in [3.63, 3.8) is 0 Å². The van der Waals surface area contributed by atoms with Gasteiger partial charge in [-0.05, 0) is 49.6 Å². The van der Waals surface area contributed by atoms with Gasteiger partial charge in [-0.3, -0.25) is 0 Å². The molecule has 1 aliphatic heterocycles. The third kappa shape index (κ3) is 3.07. The molecule has 0 fully saturated rings. The molecule has 0 saturated heterocycles. The van der Waals surface area contributed by atoms with E-state index in [9.17, 15) is 0 Å². The molecule has 3 heteroatoms. The molecule has 142 valence electrons. The molecule has 0 unspecified atom stereocenters. The van der Waals surface area contributed by atoms with E-state index in [0.717, 1.165) is 0 Å². The Hall–Kier alpha value is -3.07. The summed E-state index contributed by atoms with van der Waals surface area (Å²) in [7, 11) is 4.26. The fraction of sp³-hybridized carbons (Fsp3) is 0.240. The topological polar surface area (TPSA) is 10.4 Å². The van der Waals surface area contributed by atoms with Crippen LogP contribution in [0.15, 0.2) is 73.2 Å². The van der Waals surface area contributed by atoms with Crippen LogP contribution in [0, 0.1) is 13.8 Å². The number of rotatable bonds is 3. The van der Waals surface area contributed by atoms with Gasteiger partial charge in [0.2, 0.25) is 5.69 Å². The lowest BCUT2D eigenvalue weighted by Crippen LogP contribution is -2.34. The number of hydrogen-bond acceptors (Lipinski definition) is 2. The number of hydrogen-bond donors (Lipinski definition) is 0. The van der Waals surface area contributed by atoms with Crippen molar-refractivity contribution in [3.8, 4) is 22.4 Å². The highest BCUT2D eigenvalue weighted by atomic mass is 15.4. The SMILES string of the molecule is Cc1cc(-c2cccc(N3C=CN(C)[C@@H]3C)c2C)[n+](C)cc1-c1ccccc1. The van der Waals surface area contributed by atoms with Gasteiger partial charge in [0.25, 0.3) is 0 Å². The van der Waals surface area contributed by atoms with Crippen LogP contribution in [0.4, 0.5) is 5.69 Å². The summed E-state index contributed by atoms with van der Waals surface area (Å²) in [5, 5.41) is 0. The molecule has 0 radical (unpaired) electrons. The van der Waals surface area contributed by atoms with Gasteiger partial charge in [0.05, 0.1) is 5.56 Å². The zero-order valence-electron chi connectivity index (χ0n) is 17.3. The molecular formula is C25H28N3+. The van der Waals surface area contributed by atoms with Crippen LogP contribution in [-0.2, 0) is 7.05 Å². The third-order valence-corrected chi connectivity index (χ3v) is 5.88. The molecule has 4 rings (SSSR count). The summed E-state index contributed by atoms with van der Waals surface area (Å²) in [5.41, 5.74) is 8.90. The molecule has 0 bridgehead atoms. The van der Waals surface area contributed by atoms with E-state index in [1.54, 1.807) is 0 Å². The highest BCUT2D eigenvalue weighted by Gasteiger charge is 2.24. The van der Waals surface area contributed by atoms with Crippen molar-refractivity contribution in [2.45, 2.75) is 26.9 Å². The van der Waals surface area contributed by atoms with E-state index in [1.807, 2.05) is 0 Å². The minimum Gasteiger partial charge on any atom is -0.359 e. The lowest BCUT2D eigenvalue weighted by molar-refractivity contribution is -0.660. The Balaban J connectivity index is 1.79. The monoisotopic (exact) mass is 370 g/mol. The maximum Gasteiger partial charge on any atom is 0.212 e. The molecule has 1 aromatic heterocycles. The smallest absolute Gasteiger partial charge is 0.212 e. The number of anilines is 1. The first kappa shape index (κ1) is 18.3. The predicted molar refractivity (Wildman–Crippen MR) is 117 cm³/mol. The molecule has 1 aliphatic rings. The van der Waals surface area contributed by atoms with Crippen LogP contribution in [0.2, 0.25) is 0 Å². The van der Waals surface area contributed by atoms with Crippen molar-refractivity contribution in [1.82, 2.24) is 4.90 Å². The quantitative estimate of drug-likeness (QED) is 0.599. The second-order valence-corrected chi connectivity index (χ2v) is 7.68. The van der Waals surface area contributed by atoms with E-state index in [4.69, 9.17) is 0 Å². The van der Waals surface area contributed by atoms with Crippen molar-refractivity contribution in [2.75, 3.05) is 11.9 Å². The number of aromatic nitrogens is 1. The van der Waals surface area contributed by atoms with E-state index in [1.165, 1.54) is 39.2 Å². The summed E-state index contributed by atoms with van der Waals surface area (Å²) < 4.78 is 2.25. The van der Waals surface area contributed by atoms with Gasteiger partial charge in [0.15, 0.2) is 6.20 Å². The van der Waals surface area contributed by atoms with Gasteiger partial charge in [-0.15, -0.1) is 0 Å². The number of nitrogens with zero attached hydrogens (tertiary/aromatic N) is 3. The minimum absolute atomic E-state index is 0.324. The molecule has 3 nitrogen and oxygen atoms in total. The Kier molecular flexibility index (Phi) is 4.68. The lowest BCUT2D eigenvalue weighted by atomic mass is 9.97. The Morgan fingerprint density at radius 1 is 0.893 bits per heavy atom. The molecule has 2 heterocycles. The number of aryl methyl sites for hydroxylation is 2. The summed E-state index contributed by atoms with van der Waals surface area (Å²) in [4.78, 5) is 4.56. The Morgan fingerprint density at radius 3 is 2.32 bits per heavy atom. The van der Waals surface area contributed by atoms with Crippen molar-refractivity contribution in [3.05, 3.63) is 84.3 Å². The van der Waals surface area contributed by atoms with Gasteiger partial charge in [-0.25, -0.2) is 4.57 Å². The van der Waals surface area contributed by atoms with Gasteiger partial charge in [0.1, 0.15) is 13.2 Å². The van der Waals surface area contributed by atoms with E-state index in [-0.39, 0.29) is 0 Å². The summed E-state index contributed by atoms with van der Waals surface area (Å²) in [6, 6.07) is 19.5. The summed E-state index contributed by atoms with van der Waals surface area (Å²) >= 11 is 0. The van der Waals surface area contributed by atoms with Crippen LogP contribution in [0.3, 0.4) is 0 Å². The predicted octanol–water partition coefficient (Wildman–Crippen LogP) is 5.03. The second-order valence-electron chi connectivity index (χ2n) is 7.68. The van der Waals surface area contributed by atoms with Crippen LogP contribution >= 0.6 is 0 Å². The van der Waals surface area contributed by atoms with Gasteiger partial charge in [-0.2, -0.15) is 0 Å². The fourth-order valence-electron chi connectivity index (χ4n) is 4.02. The van der Waals surface area contributed by atoms with Crippen molar-refractivity contribution < 1.29 is 4.57 Å². The summed E-state index contributed by atoms with van der Waals surface area (Å²) in [6.07, 6.45) is 6.87. The maximum atomic E-state index is 2.34. The standard InChI is InChI=1S/C25H28N3/c1-18-16-25(27(5)17-23(18)21-10-7-6-8-11-21)22-12-9-13-24(19(22)2)28-15-14-26(4)20(28)3/h6-17,20H,1-5H3/q+1/t20-/m0/s1. The van der Waals surface area contributed by atoms with Crippen LogP contribution in [0.5, 0.6) is 0 Å². The molecule has 0 spiro atoms. The van der Waals surface area contributed by atoms with E-state index in [2.05, 4.69) is 122 Å². The third-order valence-electron chi connectivity index (χ3n) is 5.88. The van der Waals surface area contributed by atoms with Crippen molar-refractivity contribution in [1.29, 1.82) is 0 Å². The van der Waals surface area contributed by atoms with E-state index < -0.39 is 0 Å². The average molecular weight is 371 g/mol. The number of benzene rings is 2. The Labute approximate surface area is 168 Å². The molecular weight excluding hydrogens is 342 g/mol. The molecule has 1 atom stereocenters. The molecule has 0 saturated carbocycles. The molecule has 2 aromatic carbocycles. The first-order valence-corrected chi connectivity index (χ1v) is 9.81. The van der Waals surface area contributed by atoms with E-state index >= 15 is 0 Å². The Morgan fingerprint density at radius 2 is 1.64 bits per heavy atom. The van der Waals surface area contributed by atoms with Gasteiger partial charge in [0, 0.05) is 36.8 Å². The van der Waals surface area contributed by atoms with Gasteiger partial charge < -0.3 is 9.80 Å². The van der Waals surface area contributed by atoms with Gasteiger partial charge in [-0.1, -0.05) is 36.4 Å². The molecule has 28 heavy (non-hydrogen) atoms. The van der Waals surface area contributed by atoms with Crippen molar-refractivity contribution >= 4 is 5.69 Å². The average Bonchev–Trinajstić information content (AvgIpc) is 3.03. The second kappa shape index (κ2) is 7.16. The Bertz CT molecular complexity index is 1040. The van der Waals surface area contributed by atoms with Crippen molar-refractivity contribution in [2.24, 2.45) is 7.05 Å². The summed E-state index contributed by atoms with van der Waals surface area (Å²) in [5.74, 6) is 0. The largest absolute Gasteiger partial charge is 0.359 e. The highest BCUT2D eigenvalue weighted by Crippen LogP contribution is 2.33. The molecule has 3 aromatic rings. The summed E-state index contributed by atoms with van der Waals surface area (Å²) in [6.45, 7) is 6.65. The van der Waals surface area contributed by atoms with Crippen LogP contribution in [0.1, 0.15) is 18.1 Å².